The summed E-state index contributed by atoms with van der Waals surface area (Å²) in [6.45, 7) is 2.96. The zero-order valence-corrected chi connectivity index (χ0v) is 26.7. The molecule has 0 saturated carbocycles. The number of hydrogen-bond donors (Lipinski definition) is 1. The molecule has 0 heterocycles. The highest BCUT2D eigenvalue weighted by Crippen LogP contribution is 2.27. The van der Waals surface area contributed by atoms with Gasteiger partial charge in [0, 0.05) is 19.0 Å². The minimum Gasteiger partial charge on any atom is -0.497 e. The van der Waals surface area contributed by atoms with Gasteiger partial charge in [0.2, 0.25) is 11.8 Å². The number of nitrogens with zero attached hydrogens (tertiary/aromatic N) is 2. The first kappa shape index (κ1) is 34.1. The van der Waals surface area contributed by atoms with Gasteiger partial charge in [-0.1, -0.05) is 49.4 Å². The summed E-state index contributed by atoms with van der Waals surface area (Å²) in [5.74, 6) is -1.72. The van der Waals surface area contributed by atoms with Crippen LogP contribution in [-0.2, 0) is 32.6 Å². The first-order valence-corrected chi connectivity index (χ1v) is 16.3. The third kappa shape index (κ3) is 8.69. The van der Waals surface area contributed by atoms with E-state index in [-0.39, 0.29) is 29.6 Å². The van der Waals surface area contributed by atoms with Crippen molar-refractivity contribution in [2.24, 2.45) is 0 Å². The molecule has 242 valence electrons. The zero-order valence-electron chi connectivity index (χ0n) is 25.9. The van der Waals surface area contributed by atoms with Crippen molar-refractivity contribution in [3.8, 4) is 5.75 Å². The van der Waals surface area contributed by atoms with Crippen molar-refractivity contribution in [3.05, 3.63) is 126 Å². The summed E-state index contributed by atoms with van der Waals surface area (Å²) in [6, 6.07) is 23.8. The Labute approximate surface area is 268 Å². The van der Waals surface area contributed by atoms with Crippen LogP contribution in [0.25, 0.3) is 0 Å². The molecule has 4 aromatic rings. The number of methoxy groups -OCH3 is 1. The molecule has 0 saturated heterocycles. The van der Waals surface area contributed by atoms with Gasteiger partial charge >= 0.3 is 0 Å². The van der Waals surface area contributed by atoms with Crippen LogP contribution in [0.5, 0.6) is 5.75 Å². The molecule has 0 spiro atoms. The van der Waals surface area contributed by atoms with Gasteiger partial charge in [-0.25, -0.2) is 17.2 Å². The van der Waals surface area contributed by atoms with Crippen molar-refractivity contribution in [3.63, 3.8) is 0 Å². The van der Waals surface area contributed by atoms with Crippen LogP contribution in [0.3, 0.4) is 0 Å². The predicted octanol–water partition coefficient (Wildman–Crippen LogP) is 5.72. The van der Waals surface area contributed by atoms with E-state index < -0.39 is 46.1 Å². The number of halogens is 2. The largest absolute Gasteiger partial charge is 0.497 e. The number of hydrogen-bond acceptors (Lipinski definition) is 5. The van der Waals surface area contributed by atoms with E-state index in [1.807, 2.05) is 44.2 Å². The summed E-state index contributed by atoms with van der Waals surface area (Å²) in [4.78, 5) is 29.4. The SMILES string of the molecule is CC[C@@H](C)NC(=O)[C@H](Cc1ccccc1)N(Cc1ccc(F)cc1)C(=O)CN(c1ccc(F)cc1)S(=O)(=O)c1ccc(OC)cc1. The molecule has 0 radical (unpaired) electrons. The summed E-state index contributed by atoms with van der Waals surface area (Å²) in [5, 5.41) is 2.96. The summed E-state index contributed by atoms with van der Waals surface area (Å²) in [5.41, 5.74) is 1.37. The number of sulfonamides is 1. The Hall–Kier alpha value is -4.77. The molecule has 1 N–H and O–H groups in total. The predicted molar refractivity (Wildman–Crippen MR) is 173 cm³/mol. The fraction of sp³-hybridized carbons (Fsp3) is 0.257. The zero-order chi connectivity index (χ0) is 33.3. The molecule has 0 aliphatic rings. The van der Waals surface area contributed by atoms with Gasteiger partial charge < -0.3 is 15.0 Å². The van der Waals surface area contributed by atoms with Gasteiger partial charge in [0.15, 0.2) is 0 Å². The molecule has 4 rings (SSSR count). The molecule has 2 atom stereocenters. The lowest BCUT2D eigenvalue weighted by Gasteiger charge is -2.34. The average molecular weight is 650 g/mol. The third-order valence-corrected chi connectivity index (χ3v) is 9.37. The van der Waals surface area contributed by atoms with Gasteiger partial charge in [0.05, 0.1) is 17.7 Å². The number of rotatable bonds is 14. The first-order valence-electron chi connectivity index (χ1n) is 14.8. The Bertz CT molecular complexity index is 1700. The minimum absolute atomic E-state index is 0.0518. The molecular formula is C35H37F2N3O5S. The fourth-order valence-electron chi connectivity index (χ4n) is 4.79. The van der Waals surface area contributed by atoms with Crippen LogP contribution in [0.15, 0.2) is 108 Å². The topological polar surface area (TPSA) is 96.0 Å². The molecule has 0 aliphatic heterocycles. The Kier molecular flexibility index (Phi) is 11.5. The lowest BCUT2D eigenvalue weighted by atomic mass is 10.0. The molecule has 0 bridgehead atoms. The molecule has 0 fully saturated rings. The van der Waals surface area contributed by atoms with Crippen molar-refractivity contribution in [1.29, 1.82) is 0 Å². The van der Waals surface area contributed by atoms with Crippen LogP contribution in [0.2, 0.25) is 0 Å². The number of anilines is 1. The minimum atomic E-state index is -4.37. The van der Waals surface area contributed by atoms with Crippen LogP contribution in [0.4, 0.5) is 14.5 Å². The van der Waals surface area contributed by atoms with Gasteiger partial charge in [-0.15, -0.1) is 0 Å². The molecule has 2 amide bonds. The molecule has 0 unspecified atom stereocenters. The summed E-state index contributed by atoms with van der Waals surface area (Å²) in [7, 11) is -2.92. The van der Waals surface area contributed by atoms with E-state index in [1.54, 1.807) is 0 Å². The Balaban J connectivity index is 1.80. The Morgan fingerprint density at radius 2 is 1.41 bits per heavy atom. The number of nitrogens with one attached hydrogen (secondary N) is 1. The van der Waals surface area contributed by atoms with Crippen molar-refractivity contribution < 1.29 is 31.5 Å². The Morgan fingerprint density at radius 3 is 1.98 bits per heavy atom. The summed E-state index contributed by atoms with van der Waals surface area (Å²) in [6.07, 6.45) is 0.784. The standard InChI is InChI=1S/C35H37F2N3O5S/c1-4-25(2)38-35(42)33(22-26-8-6-5-7-9-26)39(23-27-10-12-28(36)13-11-27)34(41)24-40(30-16-14-29(37)15-17-30)46(43,44)32-20-18-31(45-3)19-21-32/h5-21,25,33H,4,22-24H2,1-3H3,(H,38,42)/t25-,33+/m1/s1. The van der Waals surface area contributed by atoms with Crippen LogP contribution in [0.1, 0.15) is 31.4 Å². The molecule has 8 nitrogen and oxygen atoms in total. The van der Waals surface area contributed by atoms with Crippen LogP contribution in [-0.4, -0.2) is 50.9 Å². The molecule has 46 heavy (non-hydrogen) atoms. The van der Waals surface area contributed by atoms with Gasteiger partial charge in [0.25, 0.3) is 10.0 Å². The number of benzene rings is 4. The summed E-state index contributed by atoms with van der Waals surface area (Å²) >= 11 is 0. The second-order valence-electron chi connectivity index (χ2n) is 10.8. The van der Waals surface area contributed by atoms with Gasteiger partial charge in [-0.3, -0.25) is 13.9 Å². The number of carbonyl (C=O) groups excluding carboxylic acids is 2. The average Bonchev–Trinajstić information content (AvgIpc) is 3.06. The van der Waals surface area contributed by atoms with E-state index in [0.717, 1.165) is 22.0 Å². The maximum absolute atomic E-state index is 14.4. The number of amides is 2. The van der Waals surface area contributed by atoms with Crippen LogP contribution >= 0.6 is 0 Å². The van der Waals surface area contributed by atoms with Gasteiger partial charge in [-0.2, -0.15) is 0 Å². The highest BCUT2D eigenvalue weighted by molar-refractivity contribution is 7.92. The van der Waals surface area contributed by atoms with Crippen molar-refractivity contribution in [2.45, 2.75) is 50.2 Å². The van der Waals surface area contributed by atoms with Crippen molar-refractivity contribution in [2.75, 3.05) is 18.0 Å². The Morgan fingerprint density at radius 1 is 0.826 bits per heavy atom. The molecular weight excluding hydrogens is 612 g/mol. The number of carbonyl (C=O) groups is 2. The molecule has 4 aromatic carbocycles. The lowest BCUT2D eigenvalue weighted by molar-refractivity contribution is -0.140. The monoisotopic (exact) mass is 649 g/mol. The van der Waals surface area contributed by atoms with E-state index >= 15 is 0 Å². The fourth-order valence-corrected chi connectivity index (χ4v) is 6.21. The normalized spacial score (nSPS) is 12.5. The second kappa shape index (κ2) is 15.5. The van der Waals surface area contributed by atoms with Gasteiger partial charge in [-0.05, 0) is 85.1 Å². The van der Waals surface area contributed by atoms with Crippen LogP contribution in [0, 0.1) is 11.6 Å². The van der Waals surface area contributed by atoms with E-state index in [4.69, 9.17) is 4.74 Å². The van der Waals surface area contributed by atoms with Crippen molar-refractivity contribution in [1.82, 2.24) is 10.2 Å². The van der Waals surface area contributed by atoms with Crippen LogP contribution < -0.4 is 14.4 Å². The smallest absolute Gasteiger partial charge is 0.264 e. The quantitative estimate of drug-likeness (QED) is 0.189. The maximum atomic E-state index is 14.4. The second-order valence-corrected chi connectivity index (χ2v) is 12.7. The summed E-state index contributed by atoms with van der Waals surface area (Å²) < 4.78 is 61.9. The highest BCUT2D eigenvalue weighted by atomic mass is 32.2. The van der Waals surface area contributed by atoms with Crippen molar-refractivity contribution >= 4 is 27.5 Å². The number of ether oxygens (including phenoxy) is 1. The molecule has 0 aliphatic carbocycles. The first-order chi connectivity index (χ1) is 22.0. The van der Waals surface area contributed by atoms with E-state index in [2.05, 4.69) is 5.32 Å². The van der Waals surface area contributed by atoms with E-state index in [1.165, 1.54) is 72.7 Å². The molecule has 11 heteroatoms. The molecule has 0 aromatic heterocycles. The van der Waals surface area contributed by atoms with E-state index in [9.17, 15) is 26.8 Å². The lowest BCUT2D eigenvalue weighted by Crippen LogP contribution is -2.54. The van der Waals surface area contributed by atoms with Gasteiger partial charge in [0.1, 0.15) is 30.0 Å². The maximum Gasteiger partial charge on any atom is 0.264 e. The van der Waals surface area contributed by atoms with E-state index in [0.29, 0.717) is 17.7 Å². The highest BCUT2D eigenvalue weighted by Gasteiger charge is 2.35. The third-order valence-electron chi connectivity index (χ3n) is 7.58.